The fourth-order valence-corrected chi connectivity index (χ4v) is 2.22. The van der Waals surface area contributed by atoms with E-state index in [4.69, 9.17) is 10.5 Å². The van der Waals surface area contributed by atoms with E-state index < -0.39 is 0 Å². The molecule has 0 spiro atoms. The molecule has 0 aliphatic carbocycles. The molecule has 0 radical (unpaired) electrons. The van der Waals surface area contributed by atoms with Crippen LogP contribution >= 0.6 is 0 Å². The first-order valence-electron chi connectivity index (χ1n) is 6.76. The Morgan fingerprint density at radius 1 is 1.38 bits per heavy atom. The van der Waals surface area contributed by atoms with Gasteiger partial charge < -0.3 is 15.4 Å². The van der Waals surface area contributed by atoms with Crippen LogP contribution in [0.15, 0.2) is 0 Å². The molecule has 2 N–H and O–H groups in total. The van der Waals surface area contributed by atoms with Crippen LogP contribution in [0.1, 0.15) is 40.0 Å². The van der Waals surface area contributed by atoms with E-state index in [2.05, 4.69) is 25.7 Å². The van der Waals surface area contributed by atoms with E-state index in [0.29, 0.717) is 12.0 Å². The molecule has 1 rings (SSSR count). The Morgan fingerprint density at radius 3 is 2.62 bits per heavy atom. The van der Waals surface area contributed by atoms with Gasteiger partial charge in [-0.25, -0.2) is 0 Å². The lowest BCUT2D eigenvalue weighted by molar-refractivity contribution is 0.144. The van der Waals surface area contributed by atoms with Gasteiger partial charge in [0.05, 0.1) is 13.2 Å². The summed E-state index contributed by atoms with van der Waals surface area (Å²) in [6, 6.07) is 0.910. The highest BCUT2D eigenvalue weighted by Crippen LogP contribution is 2.16. The van der Waals surface area contributed by atoms with Crippen molar-refractivity contribution in [2.24, 2.45) is 11.7 Å². The van der Waals surface area contributed by atoms with Gasteiger partial charge >= 0.3 is 0 Å². The first kappa shape index (κ1) is 13.9. The van der Waals surface area contributed by atoms with E-state index in [1.165, 1.54) is 25.8 Å². The summed E-state index contributed by atoms with van der Waals surface area (Å²) >= 11 is 0. The number of unbranched alkanes of at least 4 members (excludes halogenated alkanes) is 1. The first-order valence-corrected chi connectivity index (χ1v) is 6.76. The summed E-state index contributed by atoms with van der Waals surface area (Å²) in [7, 11) is 0. The van der Waals surface area contributed by atoms with E-state index in [1.54, 1.807) is 0 Å². The van der Waals surface area contributed by atoms with Crippen LogP contribution < -0.4 is 5.73 Å². The maximum atomic E-state index is 6.05. The van der Waals surface area contributed by atoms with Crippen LogP contribution in [0, 0.1) is 5.92 Å². The second-order valence-electron chi connectivity index (χ2n) is 5.07. The summed E-state index contributed by atoms with van der Waals surface area (Å²) in [5.74, 6) is 0.533. The van der Waals surface area contributed by atoms with Gasteiger partial charge in [-0.1, -0.05) is 20.3 Å². The van der Waals surface area contributed by atoms with Crippen LogP contribution in [0.2, 0.25) is 0 Å². The lowest BCUT2D eigenvalue weighted by atomic mass is 10.0. The van der Waals surface area contributed by atoms with E-state index in [1.807, 2.05) is 0 Å². The van der Waals surface area contributed by atoms with Crippen LogP contribution in [0.25, 0.3) is 0 Å². The molecular formula is C13H28N2O. The van der Waals surface area contributed by atoms with Gasteiger partial charge in [0.1, 0.15) is 0 Å². The number of ether oxygens (including phenoxy) is 1. The molecule has 1 aliphatic rings. The standard InChI is InChI=1S/C13H28N2O/c1-4-6-7-15(11(3)5-2)8-12-9-16-10-13(12)14/h11-13H,4-10,14H2,1-3H3. The Morgan fingerprint density at radius 2 is 2.12 bits per heavy atom. The minimum atomic E-state index is 0.244. The Bertz CT molecular complexity index is 187. The lowest BCUT2D eigenvalue weighted by Crippen LogP contribution is -2.42. The monoisotopic (exact) mass is 228 g/mol. The minimum Gasteiger partial charge on any atom is -0.379 e. The topological polar surface area (TPSA) is 38.5 Å². The minimum absolute atomic E-state index is 0.244. The molecule has 1 aliphatic heterocycles. The number of nitrogens with two attached hydrogens (primary N) is 1. The highest BCUT2D eigenvalue weighted by atomic mass is 16.5. The summed E-state index contributed by atoms with van der Waals surface area (Å²) < 4.78 is 5.44. The zero-order valence-corrected chi connectivity index (χ0v) is 11.1. The van der Waals surface area contributed by atoms with Crippen molar-refractivity contribution in [1.29, 1.82) is 0 Å². The zero-order chi connectivity index (χ0) is 12.0. The fourth-order valence-electron chi connectivity index (χ4n) is 2.22. The van der Waals surface area contributed by atoms with E-state index >= 15 is 0 Å². The average molecular weight is 228 g/mol. The van der Waals surface area contributed by atoms with Gasteiger partial charge in [0, 0.05) is 24.5 Å². The molecule has 3 atom stereocenters. The second-order valence-corrected chi connectivity index (χ2v) is 5.07. The Labute approximate surface area is 100 Å². The van der Waals surface area contributed by atoms with Crippen molar-refractivity contribution in [1.82, 2.24) is 4.90 Å². The molecule has 0 bridgehead atoms. The third-order valence-electron chi connectivity index (χ3n) is 3.73. The van der Waals surface area contributed by atoms with Gasteiger partial charge in [-0.3, -0.25) is 0 Å². The molecule has 0 aromatic carbocycles. The van der Waals surface area contributed by atoms with Crippen molar-refractivity contribution in [3.05, 3.63) is 0 Å². The summed E-state index contributed by atoms with van der Waals surface area (Å²) in [4.78, 5) is 2.59. The smallest absolute Gasteiger partial charge is 0.0621 e. The van der Waals surface area contributed by atoms with E-state index in [-0.39, 0.29) is 6.04 Å². The zero-order valence-electron chi connectivity index (χ0n) is 11.1. The van der Waals surface area contributed by atoms with Gasteiger partial charge in [-0.2, -0.15) is 0 Å². The predicted molar refractivity (Wildman–Crippen MR) is 68.5 cm³/mol. The van der Waals surface area contributed by atoms with Crippen LogP contribution in [-0.4, -0.2) is 43.3 Å². The molecule has 0 saturated carbocycles. The molecule has 3 nitrogen and oxygen atoms in total. The second kappa shape index (κ2) is 7.25. The highest BCUT2D eigenvalue weighted by Gasteiger charge is 2.27. The molecule has 96 valence electrons. The van der Waals surface area contributed by atoms with Gasteiger partial charge in [0.25, 0.3) is 0 Å². The molecular weight excluding hydrogens is 200 g/mol. The molecule has 16 heavy (non-hydrogen) atoms. The third-order valence-corrected chi connectivity index (χ3v) is 3.73. The molecule has 1 fully saturated rings. The molecule has 0 amide bonds. The number of hydrogen-bond donors (Lipinski definition) is 1. The first-order chi connectivity index (χ1) is 7.69. The molecule has 0 aromatic heterocycles. The normalized spacial score (nSPS) is 27.6. The molecule has 1 saturated heterocycles. The fraction of sp³-hybridized carbons (Fsp3) is 1.00. The average Bonchev–Trinajstić information content (AvgIpc) is 2.69. The quantitative estimate of drug-likeness (QED) is 0.723. The summed E-state index contributed by atoms with van der Waals surface area (Å²) in [5.41, 5.74) is 6.05. The Hall–Kier alpha value is -0.120. The van der Waals surface area contributed by atoms with Crippen LogP contribution in [0.3, 0.4) is 0 Å². The highest BCUT2D eigenvalue weighted by molar-refractivity contribution is 4.82. The molecule has 3 unspecified atom stereocenters. The largest absolute Gasteiger partial charge is 0.379 e. The van der Waals surface area contributed by atoms with Crippen LogP contribution in [0.4, 0.5) is 0 Å². The summed E-state index contributed by atoms with van der Waals surface area (Å²) in [5, 5.41) is 0. The third kappa shape index (κ3) is 4.04. The van der Waals surface area contributed by atoms with E-state index in [9.17, 15) is 0 Å². The lowest BCUT2D eigenvalue weighted by Gasteiger charge is -2.31. The summed E-state index contributed by atoms with van der Waals surface area (Å²) in [6.45, 7) is 10.7. The SMILES string of the molecule is CCCCN(CC1COCC1N)C(C)CC. The Kier molecular flexibility index (Phi) is 6.32. The molecule has 1 heterocycles. The molecule has 3 heteroatoms. The van der Waals surface area contributed by atoms with Crippen LogP contribution in [0.5, 0.6) is 0 Å². The summed E-state index contributed by atoms with van der Waals surface area (Å²) in [6.07, 6.45) is 3.76. The number of nitrogens with zero attached hydrogens (tertiary/aromatic N) is 1. The van der Waals surface area contributed by atoms with Crippen molar-refractivity contribution >= 4 is 0 Å². The molecule has 0 aromatic rings. The Balaban J connectivity index is 2.41. The van der Waals surface area contributed by atoms with Crippen molar-refractivity contribution in [3.63, 3.8) is 0 Å². The van der Waals surface area contributed by atoms with E-state index in [0.717, 1.165) is 19.8 Å². The predicted octanol–water partition coefficient (Wildman–Crippen LogP) is 1.86. The van der Waals surface area contributed by atoms with Crippen LogP contribution in [-0.2, 0) is 4.74 Å². The number of rotatable bonds is 7. The maximum absolute atomic E-state index is 6.05. The van der Waals surface area contributed by atoms with Crippen molar-refractivity contribution < 1.29 is 4.74 Å². The van der Waals surface area contributed by atoms with Gasteiger partial charge in [0.2, 0.25) is 0 Å². The number of hydrogen-bond acceptors (Lipinski definition) is 3. The van der Waals surface area contributed by atoms with Crippen molar-refractivity contribution in [2.45, 2.75) is 52.1 Å². The van der Waals surface area contributed by atoms with Gasteiger partial charge in [-0.05, 0) is 26.3 Å². The maximum Gasteiger partial charge on any atom is 0.0621 e. The van der Waals surface area contributed by atoms with Crippen molar-refractivity contribution in [3.8, 4) is 0 Å². The van der Waals surface area contributed by atoms with Gasteiger partial charge in [-0.15, -0.1) is 0 Å². The van der Waals surface area contributed by atoms with Crippen molar-refractivity contribution in [2.75, 3.05) is 26.3 Å². The van der Waals surface area contributed by atoms with Gasteiger partial charge in [0.15, 0.2) is 0 Å².